The number of hydrogen-bond donors (Lipinski definition) is 2. The zero-order chi connectivity index (χ0) is 11.9. The Morgan fingerprint density at radius 1 is 1.20 bits per heavy atom. The molecule has 0 amide bonds. The number of nitrogens with two attached hydrogens (primary N) is 1. The van der Waals surface area contributed by atoms with Gasteiger partial charge in [-0.25, -0.2) is 26.7 Å². The Bertz CT molecular complexity index is 361. The van der Waals surface area contributed by atoms with Gasteiger partial charge in [0.2, 0.25) is 20.0 Å². The third-order valence-electron chi connectivity index (χ3n) is 1.47. The molecule has 0 unspecified atom stereocenters. The fourth-order valence-electron chi connectivity index (χ4n) is 0.805. The Morgan fingerprint density at radius 2 is 1.80 bits per heavy atom. The third kappa shape index (κ3) is 10.1. The lowest BCUT2D eigenvalue weighted by atomic mass is 10.5. The third-order valence-corrected chi connectivity index (χ3v) is 3.71. The lowest BCUT2D eigenvalue weighted by molar-refractivity contribution is 0.199. The molecule has 0 aliphatic carbocycles. The van der Waals surface area contributed by atoms with Crippen molar-refractivity contribution in [3.05, 3.63) is 0 Å². The highest BCUT2D eigenvalue weighted by molar-refractivity contribution is 7.90. The number of ether oxygens (including phenoxy) is 1. The van der Waals surface area contributed by atoms with Crippen LogP contribution in [0.3, 0.4) is 0 Å². The van der Waals surface area contributed by atoms with Crippen molar-refractivity contribution in [2.24, 2.45) is 5.14 Å². The largest absolute Gasteiger partial charge is 0.385 e. The van der Waals surface area contributed by atoms with E-state index in [1.54, 1.807) is 0 Å². The quantitative estimate of drug-likeness (QED) is 0.501. The maximum atomic E-state index is 11.2. The summed E-state index contributed by atoms with van der Waals surface area (Å²) in [6, 6.07) is 0. The van der Waals surface area contributed by atoms with E-state index in [1.807, 2.05) is 0 Å². The summed E-state index contributed by atoms with van der Waals surface area (Å²) in [5.74, 6) is -0.498. The molecule has 0 aromatic rings. The molecule has 0 aliphatic heterocycles. The maximum absolute atomic E-state index is 11.2. The molecule has 0 saturated heterocycles. The van der Waals surface area contributed by atoms with E-state index >= 15 is 0 Å². The fraction of sp³-hybridized carbons (Fsp3) is 1.00. The molecular weight excluding hydrogens is 244 g/mol. The second-order valence-corrected chi connectivity index (χ2v) is 6.59. The zero-order valence-corrected chi connectivity index (χ0v) is 10.1. The standard InChI is InChI=1S/C6H16N2O5S2/c1-13-4-2-5-15(11,12)8-3-6-14(7,9)10/h8H,2-6H2,1H3,(H2,7,9,10). The van der Waals surface area contributed by atoms with Gasteiger partial charge in [0.15, 0.2) is 0 Å². The molecule has 7 nitrogen and oxygen atoms in total. The molecule has 0 spiro atoms. The van der Waals surface area contributed by atoms with Crippen LogP contribution in [-0.4, -0.2) is 48.6 Å². The Balaban J connectivity index is 3.85. The van der Waals surface area contributed by atoms with E-state index in [2.05, 4.69) is 9.46 Å². The van der Waals surface area contributed by atoms with Gasteiger partial charge in [-0.1, -0.05) is 0 Å². The molecule has 0 atom stereocenters. The number of primary sulfonamides is 1. The molecule has 92 valence electrons. The smallest absolute Gasteiger partial charge is 0.211 e. The number of rotatable bonds is 8. The molecule has 0 bridgehead atoms. The molecule has 9 heteroatoms. The normalized spacial score (nSPS) is 12.9. The van der Waals surface area contributed by atoms with Crippen LogP contribution < -0.4 is 9.86 Å². The minimum absolute atomic E-state index is 0.0918. The van der Waals surface area contributed by atoms with Crippen molar-refractivity contribution >= 4 is 20.0 Å². The van der Waals surface area contributed by atoms with Gasteiger partial charge < -0.3 is 4.74 Å². The first kappa shape index (κ1) is 14.8. The van der Waals surface area contributed by atoms with Gasteiger partial charge in [-0.05, 0) is 6.42 Å². The van der Waals surface area contributed by atoms with Crippen LogP contribution in [0.4, 0.5) is 0 Å². The lowest BCUT2D eigenvalue weighted by Gasteiger charge is -2.05. The van der Waals surface area contributed by atoms with Gasteiger partial charge in [0.05, 0.1) is 11.5 Å². The molecule has 0 fully saturated rings. The first-order chi connectivity index (χ1) is 6.77. The molecular formula is C6H16N2O5S2. The number of hydrogen-bond acceptors (Lipinski definition) is 5. The molecule has 0 aromatic carbocycles. The molecule has 0 aromatic heterocycles. The molecule has 0 rings (SSSR count). The predicted molar refractivity (Wildman–Crippen MR) is 56.3 cm³/mol. The molecule has 15 heavy (non-hydrogen) atoms. The lowest BCUT2D eigenvalue weighted by Crippen LogP contribution is -2.33. The van der Waals surface area contributed by atoms with Gasteiger partial charge in [-0.3, -0.25) is 0 Å². The maximum Gasteiger partial charge on any atom is 0.211 e. The summed E-state index contributed by atoms with van der Waals surface area (Å²) in [6.45, 7) is 0.143. The first-order valence-corrected chi connectivity index (χ1v) is 7.60. The van der Waals surface area contributed by atoms with Crippen LogP contribution in [0.2, 0.25) is 0 Å². The van der Waals surface area contributed by atoms with E-state index < -0.39 is 25.8 Å². The second-order valence-electron chi connectivity index (χ2n) is 2.93. The average molecular weight is 260 g/mol. The highest BCUT2D eigenvalue weighted by Gasteiger charge is 2.10. The van der Waals surface area contributed by atoms with Gasteiger partial charge in [-0.2, -0.15) is 0 Å². The van der Waals surface area contributed by atoms with Gasteiger partial charge >= 0.3 is 0 Å². The summed E-state index contributed by atoms with van der Waals surface area (Å²) in [4.78, 5) is 0. The molecule has 0 heterocycles. The Kier molecular flexibility index (Phi) is 6.29. The van der Waals surface area contributed by atoms with Crippen molar-refractivity contribution < 1.29 is 21.6 Å². The van der Waals surface area contributed by atoms with E-state index in [0.29, 0.717) is 13.0 Å². The SMILES string of the molecule is COCCCS(=O)(=O)NCCS(N)(=O)=O. The zero-order valence-electron chi connectivity index (χ0n) is 8.47. The number of methoxy groups -OCH3 is 1. The molecule has 3 N–H and O–H groups in total. The molecule has 0 saturated carbocycles. The van der Waals surface area contributed by atoms with Crippen LogP contribution in [0.1, 0.15) is 6.42 Å². The average Bonchev–Trinajstić information content (AvgIpc) is 2.01. The van der Waals surface area contributed by atoms with Crippen molar-refractivity contribution in [1.82, 2.24) is 4.72 Å². The van der Waals surface area contributed by atoms with Crippen LogP contribution in [-0.2, 0) is 24.8 Å². The minimum atomic E-state index is -3.62. The summed E-state index contributed by atoms with van der Waals surface area (Å²) in [6.07, 6.45) is 0.362. The Labute approximate surface area is 90.1 Å². The van der Waals surface area contributed by atoms with Crippen LogP contribution >= 0.6 is 0 Å². The monoisotopic (exact) mass is 260 g/mol. The van der Waals surface area contributed by atoms with Crippen LogP contribution in [0.25, 0.3) is 0 Å². The van der Waals surface area contributed by atoms with Crippen molar-refractivity contribution in [1.29, 1.82) is 0 Å². The predicted octanol–water partition coefficient (Wildman–Crippen LogP) is -1.77. The van der Waals surface area contributed by atoms with E-state index in [-0.39, 0.29) is 12.3 Å². The van der Waals surface area contributed by atoms with Crippen molar-refractivity contribution in [2.75, 3.05) is 31.8 Å². The minimum Gasteiger partial charge on any atom is -0.385 e. The Morgan fingerprint density at radius 3 is 2.27 bits per heavy atom. The van der Waals surface area contributed by atoms with Crippen molar-refractivity contribution in [2.45, 2.75) is 6.42 Å². The highest BCUT2D eigenvalue weighted by Crippen LogP contribution is 1.90. The second kappa shape index (κ2) is 6.38. The topological polar surface area (TPSA) is 116 Å². The van der Waals surface area contributed by atoms with E-state index in [1.165, 1.54) is 7.11 Å². The van der Waals surface area contributed by atoms with Gasteiger partial charge in [-0.15, -0.1) is 0 Å². The van der Waals surface area contributed by atoms with Crippen molar-refractivity contribution in [3.8, 4) is 0 Å². The van der Waals surface area contributed by atoms with E-state index in [0.717, 1.165) is 0 Å². The summed E-state index contributed by atoms with van der Waals surface area (Å²) in [7, 11) is -5.58. The van der Waals surface area contributed by atoms with Gasteiger partial charge in [0, 0.05) is 20.3 Å². The summed E-state index contributed by atoms with van der Waals surface area (Å²) in [5.41, 5.74) is 0. The summed E-state index contributed by atoms with van der Waals surface area (Å²) in [5, 5.41) is 4.70. The van der Waals surface area contributed by atoms with E-state index in [9.17, 15) is 16.8 Å². The molecule has 0 radical (unpaired) electrons. The van der Waals surface area contributed by atoms with Crippen LogP contribution in [0.15, 0.2) is 0 Å². The Hall–Kier alpha value is -0.220. The number of nitrogens with one attached hydrogen (secondary N) is 1. The van der Waals surface area contributed by atoms with Gasteiger partial charge in [0.1, 0.15) is 0 Å². The van der Waals surface area contributed by atoms with Crippen molar-refractivity contribution in [3.63, 3.8) is 0 Å². The summed E-state index contributed by atoms with van der Waals surface area (Å²) < 4.78 is 50.2. The van der Waals surface area contributed by atoms with E-state index in [4.69, 9.17) is 5.14 Å². The molecule has 0 aliphatic rings. The summed E-state index contributed by atoms with van der Waals surface area (Å²) >= 11 is 0. The van der Waals surface area contributed by atoms with Crippen LogP contribution in [0.5, 0.6) is 0 Å². The van der Waals surface area contributed by atoms with Crippen LogP contribution in [0, 0.1) is 0 Å². The highest BCUT2D eigenvalue weighted by atomic mass is 32.2. The number of sulfonamides is 2. The first-order valence-electron chi connectivity index (χ1n) is 4.23. The fourth-order valence-corrected chi connectivity index (χ4v) is 2.38. The van der Waals surface area contributed by atoms with Gasteiger partial charge in [0.25, 0.3) is 0 Å².